The Hall–Kier alpha value is 0.860. The summed E-state index contributed by atoms with van der Waals surface area (Å²) in [5.74, 6) is 0. The minimum absolute atomic E-state index is 0. The zero-order chi connectivity index (χ0) is 3.58. The summed E-state index contributed by atoms with van der Waals surface area (Å²) in [5, 5.41) is 0. The molecule has 1 unspecified atom stereocenters. The van der Waals surface area contributed by atoms with Crippen molar-refractivity contribution in [3.8, 4) is 0 Å². The molecule has 34 valence electrons. The summed E-state index contributed by atoms with van der Waals surface area (Å²) in [6.07, 6.45) is 0. The van der Waals surface area contributed by atoms with Gasteiger partial charge in [0.25, 0.3) is 0 Å². The van der Waals surface area contributed by atoms with Gasteiger partial charge in [-0.1, -0.05) is 0 Å². The number of hydrogen-bond acceptors (Lipinski definition) is 0. The zero-order valence-electron chi connectivity index (χ0n) is 4.15. The quantitative estimate of drug-likeness (QED) is 0.413. The highest BCUT2D eigenvalue weighted by Gasteiger charge is 1.65. The maximum absolute atomic E-state index is 2.23. The molecule has 0 aliphatic rings. The maximum atomic E-state index is 2.23. The summed E-state index contributed by atoms with van der Waals surface area (Å²) in [6, 6.07) is 0. The van der Waals surface area contributed by atoms with Gasteiger partial charge in [0.15, 0.2) is 0 Å². The Labute approximate surface area is 38.7 Å². The van der Waals surface area contributed by atoms with E-state index in [1.54, 1.807) is 0 Å². The molecule has 5 heavy (non-hydrogen) atoms. The monoisotopic (exact) mass is 110 g/mol. The van der Waals surface area contributed by atoms with Gasteiger partial charge < -0.3 is 0 Å². The highest BCUT2D eigenvalue weighted by Crippen LogP contribution is 2.14. The molecule has 0 aliphatic carbocycles. The molecule has 0 aromatic carbocycles. The van der Waals surface area contributed by atoms with Gasteiger partial charge in [-0.2, -0.15) is 9.90 Å². The number of rotatable bonds is 0. The van der Waals surface area contributed by atoms with Crippen LogP contribution in [0.2, 0.25) is 0 Å². The summed E-state index contributed by atoms with van der Waals surface area (Å²) in [7, 11) is 0.380. The van der Waals surface area contributed by atoms with Crippen LogP contribution >= 0.6 is 17.8 Å². The highest BCUT2D eigenvalue weighted by atomic mass is 31.1. The zero-order valence-corrected chi connectivity index (χ0v) is 6.46. The van der Waals surface area contributed by atoms with E-state index in [2.05, 4.69) is 20.0 Å². The van der Waals surface area contributed by atoms with Gasteiger partial charge in [-0.3, -0.25) is 0 Å². The van der Waals surface area contributed by atoms with E-state index in [0.29, 0.717) is 7.92 Å². The van der Waals surface area contributed by atoms with Crippen molar-refractivity contribution in [2.24, 2.45) is 0 Å². The lowest BCUT2D eigenvalue weighted by atomic mass is 11.9. The lowest BCUT2D eigenvalue weighted by Crippen LogP contribution is -1.48. The second-order valence-electron chi connectivity index (χ2n) is 1.34. The van der Waals surface area contributed by atoms with E-state index in [0.717, 1.165) is 0 Å². The third-order valence-corrected chi connectivity index (χ3v) is 0. The van der Waals surface area contributed by atoms with Crippen LogP contribution in [0.25, 0.3) is 0 Å². The first-order valence-electron chi connectivity index (χ1n) is 1.34. The molecule has 0 nitrogen and oxygen atoms in total. The first-order chi connectivity index (χ1) is 1.73. The van der Waals surface area contributed by atoms with E-state index in [9.17, 15) is 0 Å². The summed E-state index contributed by atoms with van der Waals surface area (Å²) in [4.78, 5) is 0. The minimum atomic E-state index is 0. The van der Waals surface area contributed by atoms with E-state index in [4.69, 9.17) is 0 Å². The van der Waals surface area contributed by atoms with E-state index in [-0.39, 0.29) is 9.90 Å². The van der Waals surface area contributed by atoms with Gasteiger partial charge in [0.05, 0.1) is 0 Å². The van der Waals surface area contributed by atoms with Crippen LogP contribution in [0.3, 0.4) is 0 Å². The SMILES string of the molecule is CP(C)C.P. The van der Waals surface area contributed by atoms with E-state index < -0.39 is 0 Å². The molecule has 0 aliphatic heterocycles. The number of hydrogen-bond donors (Lipinski definition) is 0. The van der Waals surface area contributed by atoms with E-state index in [1.165, 1.54) is 0 Å². The van der Waals surface area contributed by atoms with Crippen LogP contribution in [0.5, 0.6) is 0 Å². The molecular formula is C3H12P2. The topological polar surface area (TPSA) is 0 Å². The summed E-state index contributed by atoms with van der Waals surface area (Å²) in [6.45, 7) is 6.69. The largest absolute Gasteiger partial charge is 0.153 e. The molecule has 1 atom stereocenters. The maximum Gasteiger partial charge on any atom is -0.0449 e. The first kappa shape index (κ1) is 9.29. The Morgan fingerprint density at radius 3 is 1.00 bits per heavy atom. The standard InChI is InChI=1S/C3H9P.H3P/c1-4(2)3;/h1-3H3;1H3. The third kappa shape index (κ3) is 53.7. The Kier molecular flexibility index (Phi) is 9.03. The molecule has 0 saturated heterocycles. The van der Waals surface area contributed by atoms with Crippen LogP contribution < -0.4 is 0 Å². The van der Waals surface area contributed by atoms with Gasteiger partial charge in [0, 0.05) is 0 Å². The molecule has 0 amide bonds. The average molecular weight is 110 g/mol. The van der Waals surface area contributed by atoms with Gasteiger partial charge in [0.1, 0.15) is 0 Å². The van der Waals surface area contributed by atoms with Gasteiger partial charge in [-0.25, -0.2) is 0 Å². The smallest absolute Gasteiger partial charge is 0.0449 e. The van der Waals surface area contributed by atoms with Crippen molar-refractivity contribution < 1.29 is 0 Å². The van der Waals surface area contributed by atoms with Crippen LogP contribution in [-0.4, -0.2) is 20.0 Å². The van der Waals surface area contributed by atoms with Crippen molar-refractivity contribution in [1.29, 1.82) is 0 Å². The van der Waals surface area contributed by atoms with Crippen LogP contribution in [0.4, 0.5) is 0 Å². The second-order valence-corrected chi connectivity index (χ2v) is 4.02. The third-order valence-electron chi connectivity index (χ3n) is 0. The fourth-order valence-electron chi connectivity index (χ4n) is 0. The predicted molar refractivity (Wildman–Crippen MR) is 35.8 cm³/mol. The molecule has 0 aromatic rings. The highest BCUT2D eigenvalue weighted by molar-refractivity contribution is 7.55. The lowest BCUT2D eigenvalue weighted by molar-refractivity contribution is 2.13. The minimum Gasteiger partial charge on any atom is -0.153 e. The molecule has 0 aromatic heterocycles. The van der Waals surface area contributed by atoms with Crippen LogP contribution in [0.1, 0.15) is 0 Å². The van der Waals surface area contributed by atoms with Crippen LogP contribution in [0.15, 0.2) is 0 Å². The molecule has 0 radical (unpaired) electrons. The molecule has 0 bridgehead atoms. The molecule has 0 rings (SSSR count). The summed E-state index contributed by atoms with van der Waals surface area (Å²) >= 11 is 0. The van der Waals surface area contributed by atoms with E-state index in [1.807, 2.05) is 0 Å². The summed E-state index contributed by atoms with van der Waals surface area (Å²) in [5.41, 5.74) is 0. The van der Waals surface area contributed by atoms with Gasteiger partial charge in [0.2, 0.25) is 0 Å². The van der Waals surface area contributed by atoms with Gasteiger partial charge in [-0.05, 0) is 20.0 Å². The Morgan fingerprint density at radius 1 is 1.00 bits per heavy atom. The van der Waals surface area contributed by atoms with Crippen molar-refractivity contribution in [3.63, 3.8) is 0 Å². The lowest BCUT2D eigenvalue weighted by Gasteiger charge is -1.81. The second kappa shape index (κ2) is 4.86. The van der Waals surface area contributed by atoms with Crippen molar-refractivity contribution in [2.75, 3.05) is 20.0 Å². The van der Waals surface area contributed by atoms with Crippen LogP contribution in [-0.2, 0) is 0 Å². The van der Waals surface area contributed by atoms with Crippen LogP contribution in [0, 0.1) is 0 Å². The summed E-state index contributed by atoms with van der Waals surface area (Å²) < 4.78 is 0. The molecule has 0 heterocycles. The molecule has 0 saturated carbocycles. The predicted octanol–water partition coefficient (Wildman–Crippen LogP) is 1.42. The van der Waals surface area contributed by atoms with Crippen molar-refractivity contribution in [1.82, 2.24) is 0 Å². The fourth-order valence-corrected chi connectivity index (χ4v) is 0. The molecule has 0 spiro atoms. The molecule has 0 N–H and O–H groups in total. The van der Waals surface area contributed by atoms with Gasteiger partial charge >= 0.3 is 0 Å². The fraction of sp³-hybridized carbons (Fsp3) is 1.00. The molecule has 2 heteroatoms. The average Bonchev–Trinajstić information content (AvgIpc) is 0.811. The normalized spacial score (nSPS) is 7.20. The first-order valence-corrected chi connectivity index (χ1v) is 4.02. The van der Waals surface area contributed by atoms with Crippen molar-refractivity contribution in [2.45, 2.75) is 0 Å². The molecular weight excluding hydrogens is 98.0 g/mol. The van der Waals surface area contributed by atoms with Crippen molar-refractivity contribution in [3.05, 3.63) is 0 Å². The van der Waals surface area contributed by atoms with Gasteiger partial charge in [-0.15, -0.1) is 7.92 Å². The molecule has 0 fully saturated rings. The van der Waals surface area contributed by atoms with E-state index >= 15 is 0 Å². The van der Waals surface area contributed by atoms with Crippen molar-refractivity contribution >= 4 is 17.8 Å². The Balaban J connectivity index is 0. The Morgan fingerprint density at radius 2 is 1.00 bits per heavy atom. The Bertz CT molecular complexity index is 9.61.